The number of hydrogen-bond acceptors (Lipinski definition) is 6. The summed E-state index contributed by atoms with van der Waals surface area (Å²) in [4.78, 5) is 22.0. The van der Waals surface area contributed by atoms with Gasteiger partial charge in [-0.05, 0) is 31.4 Å². The Balaban J connectivity index is 1.54. The predicted molar refractivity (Wildman–Crippen MR) is 102 cm³/mol. The van der Waals surface area contributed by atoms with Crippen LogP contribution in [0, 0.1) is 0 Å². The third-order valence-electron chi connectivity index (χ3n) is 5.75. The van der Waals surface area contributed by atoms with Gasteiger partial charge in [-0.15, -0.1) is 0 Å². The van der Waals surface area contributed by atoms with Crippen LogP contribution < -0.4 is 0 Å². The van der Waals surface area contributed by atoms with Gasteiger partial charge in [0, 0.05) is 24.1 Å². The first-order valence-corrected chi connectivity index (χ1v) is 11.1. The van der Waals surface area contributed by atoms with Crippen molar-refractivity contribution in [3.05, 3.63) is 41.3 Å². The monoisotopic (exact) mass is 384 g/mol. The lowest BCUT2D eigenvalue weighted by atomic mass is 9.74. The molecular weight excluding hydrogens is 364 g/mol. The fourth-order valence-corrected chi connectivity index (χ4v) is 6.58. The second kappa shape index (κ2) is 5.86. The van der Waals surface area contributed by atoms with Crippen LogP contribution in [0.5, 0.6) is 0 Å². The number of allylic oxidation sites excluding steroid dienone is 1. The van der Waals surface area contributed by atoms with Crippen molar-refractivity contribution in [2.45, 2.75) is 44.1 Å². The molecule has 1 aromatic carbocycles. The third kappa shape index (κ3) is 2.84. The van der Waals surface area contributed by atoms with Crippen molar-refractivity contribution < 1.29 is 17.6 Å². The maximum atomic E-state index is 12.6. The van der Waals surface area contributed by atoms with Gasteiger partial charge in [-0.1, -0.05) is 17.7 Å². The summed E-state index contributed by atoms with van der Waals surface area (Å²) in [5.74, 6) is 0.702. The highest BCUT2D eigenvalue weighted by Gasteiger charge is 2.50. The number of rotatable bonds is 2. The summed E-state index contributed by atoms with van der Waals surface area (Å²) < 4.78 is 30.3. The average molecular weight is 384 g/mol. The van der Waals surface area contributed by atoms with E-state index in [1.54, 1.807) is 0 Å². The molecule has 27 heavy (non-hydrogen) atoms. The van der Waals surface area contributed by atoms with Crippen molar-refractivity contribution in [1.82, 2.24) is 4.98 Å². The lowest BCUT2D eigenvalue weighted by molar-refractivity contribution is -0.116. The average Bonchev–Trinajstić information content (AvgIpc) is 3.14. The molecule has 0 N–H and O–H groups in total. The molecule has 0 amide bonds. The maximum Gasteiger partial charge on any atom is 0.201 e. The summed E-state index contributed by atoms with van der Waals surface area (Å²) in [6.07, 6.45) is 3.63. The van der Waals surface area contributed by atoms with Crippen LogP contribution >= 0.6 is 0 Å². The normalized spacial score (nSPS) is 27.3. The molecule has 1 aliphatic carbocycles. The Hall–Kier alpha value is -2.28. The zero-order valence-corrected chi connectivity index (χ0v) is 15.7. The first-order valence-electron chi connectivity index (χ1n) is 9.32. The topological polar surface area (TPSA) is 89.6 Å². The molecular formula is C20H20N2O4S. The summed E-state index contributed by atoms with van der Waals surface area (Å²) in [5.41, 5.74) is 3.28. The fraction of sp³-hybridized carbons (Fsp3) is 0.450. The van der Waals surface area contributed by atoms with Crippen molar-refractivity contribution in [3.63, 3.8) is 0 Å². The molecule has 140 valence electrons. The van der Waals surface area contributed by atoms with Crippen LogP contribution in [0.2, 0.25) is 0 Å². The molecule has 1 spiro atoms. The van der Waals surface area contributed by atoms with E-state index < -0.39 is 15.4 Å². The van der Waals surface area contributed by atoms with Crippen LogP contribution in [0.1, 0.15) is 38.0 Å². The highest BCUT2D eigenvalue weighted by atomic mass is 32.2. The Morgan fingerprint density at radius 2 is 2.04 bits per heavy atom. The second-order valence-corrected chi connectivity index (χ2v) is 9.92. The SMILES string of the molecule is O=C1CCCC2=C1C1(CCS(=O)(=O)C1)N=C(Cc1nc3ccccc3o1)C2. The minimum Gasteiger partial charge on any atom is -0.440 e. The van der Waals surface area contributed by atoms with E-state index >= 15 is 0 Å². The summed E-state index contributed by atoms with van der Waals surface area (Å²) in [6.45, 7) is 0. The van der Waals surface area contributed by atoms with E-state index in [-0.39, 0.29) is 17.3 Å². The third-order valence-corrected chi connectivity index (χ3v) is 7.49. The van der Waals surface area contributed by atoms with Gasteiger partial charge in [0.2, 0.25) is 5.89 Å². The molecule has 0 saturated carbocycles. The zero-order valence-electron chi connectivity index (χ0n) is 14.9. The lowest BCUT2D eigenvalue weighted by Crippen LogP contribution is -2.41. The molecule has 1 fully saturated rings. The summed E-state index contributed by atoms with van der Waals surface area (Å²) >= 11 is 0. The lowest BCUT2D eigenvalue weighted by Gasteiger charge is -2.36. The maximum absolute atomic E-state index is 12.6. The molecule has 2 aliphatic heterocycles. The van der Waals surface area contributed by atoms with Crippen molar-refractivity contribution in [3.8, 4) is 0 Å². The highest BCUT2D eigenvalue weighted by molar-refractivity contribution is 7.91. The molecule has 6 nitrogen and oxygen atoms in total. The Bertz CT molecular complexity index is 1090. The van der Waals surface area contributed by atoms with E-state index in [0.29, 0.717) is 37.1 Å². The van der Waals surface area contributed by atoms with Crippen molar-refractivity contribution in [2.24, 2.45) is 4.99 Å². The number of hydrogen-bond donors (Lipinski definition) is 0. The number of Topliss-reactive ketones (excluding diaryl/α,β-unsaturated/α-hetero) is 1. The van der Waals surface area contributed by atoms with Gasteiger partial charge in [0.1, 0.15) is 11.1 Å². The molecule has 0 radical (unpaired) electrons. The number of carbonyl (C=O) groups is 1. The van der Waals surface area contributed by atoms with Crippen molar-refractivity contribution in [2.75, 3.05) is 11.5 Å². The number of fused-ring (bicyclic) bond motifs is 2. The fourth-order valence-electron chi connectivity index (χ4n) is 4.71. The van der Waals surface area contributed by atoms with Gasteiger partial charge in [0.05, 0.1) is 17.9 Å². The van der Waals surface area contributed by atoms with Gasteiger partial charge >= 0.3 is 0 Å². The van der Waals surface area contributed by atoms with Crippen LogP contribution in [0.4, 0.5) is 0 Å². The van der Waals surface area contributed by atoms with Gasteiger partial charge in [-0.25, -0.2) is 13.4 Å². The second-order valence-electron chi connectivity index (χ2n) is 7.74. The van der Waals surface area contributed by atoms with E-state index in [4.69, 9.17) is 9.41 Å². The molecule has 3 heterocycles. The Kier molecular flexibility index (Phi) is 3.66. The molecule has 0 bridgehead atoms. The first-order chi connectivity index (χ1) is 12.9. The van der Waals surface area contributed by atoms with Crippen LogP contribution in [0.15, 0.2) is 44.8 Å². The van der Waals surface area contributed by atoms with E-state index in [1.165, 1.54) is 0 Å². The van der Waals surface area contributed by atoms with Crippen LogP contribution in [-0.2, 0) is 21.1 Å². The van der Waals surface area contributed by atoms with Crippen molar-refractivity contribution in [1.29, 1.82) is 0 Å². The van der Waals surface area contributed by atoms with Gasteiger partial charge < -0.3 is 4.42 Å². The summed E-state index contributed by atoms with van der Waals surface area (Å²) in [5, 5.41) is 0. The number of benzene rings is 1. The number of para-hydroxylation sites is 2. The van der Waals surface area contributed by atoms with Gasteiger partial charge in [-0.3, -0.25) is 9.79 Å². The van der Waals surface area contributed by atoms with Crippen molar-refractivity contribution >= 4 is 32.4 Å². The largest absolute Gasteiger partial charge is 0.440 e. The summed E-state index contributed by atoms with van der Waals surface area (Å²) in [7, 11) is -3.18. The number of ketones is 1. The minimum atomic E-state index is -3.18. The number of carbonyl (C=O) groups excluding carboxylic acids is 1. The first kappa shape index (κ1) is 16.9. The Morgan fingerprint density at radius 1 is 1.19 bits per heavy atom. The molecule has 5 rings (SSSR count). The Labute approximate surface area is 157 Å². The molecule has 1 aromatic heterocycles. The van der Waals surface area contributed by atoms with Crippen LogP contribution in [0.3, 0.4) is 0 Å². The predicted octanol–water partition coefficient (Wildman–Crippen LogP) is 2.82. The zero-order chi connectivity index (χ0) is 18.6. The molecule has 7 heteroatoms. The number of dihydropyridines is 1. The van der Waals surface area contributed by atoms with E-state index in [2.05, 4.69) is 4.98 Å². The number of oxazole rings is 1. The highest BCUT2D eigenvalue weighted by Crippen LogP contribution is 2.44. The van der Waals surface area contributed by atoms with E-state index in [0.717, 1.165) is 35.2 Å². The quantitative estimate of drug-likeness (QED) is 0.794. The number of sulfone groups is 1. The van der Waals surface area contributed by atoms with Gasteiger partial charge in [0.25, 0.3) is 0 Å². The van der Waals surface area contributed by atoms with Gasteiger partial charge in [-0.2, -0.15) is 0 Å². The molecule has 2 aromatic rings. The number of aliphatic imine (C=N–C) groups is 1. The molecule has 1 unspecified atom stereocenters. The Morgan fingerprint density at radius 3 is 2.81 bits per heavy atom. The molecule has 1 saturated heterocycles. The smallest absolute Gasteiger partial charge is 0.201 e. The van der Waals surface area contributed by atoms with Crippen LogP contribution in [-0.4, -0.2) is 41.9 Å². The molecule has 1 atom stereocenters. The standard InChI is InChI=1S/C20H20N2O4S/c23-16-6-3-4-13-10-14(11-18-21-15-5-1-2-7-17(15)26-18)22-20(19(13)16)8-9-27(24,25)12-20/h1-2,5,7H,3-4,6,8-12H2. The van der Waals surface area contributed by atoms with Gasteiger partial charge in [0.15, 0.2) is 21.2 Å². The minimum absolute atomic E-state index is 0.0539. The van der Waals surface area contributed by atoms with Crippen LogP contribution in [0.25, 0.3) is 11.1 Å². The number of nitrogens with zero attached hydrogens (tertiary/aromatic N) is 2. The molecule has 3 aliphatic rings. The number of aromatic nitrogens is 1. The summed E-state index contributed by atoms with van der Waals surface area (Å²) in [6, 6.07) is 7.59. The van der Waals surface area contributed by atoms with E-state index in [1.807, 2.05) is 24.3 Å². The van der Waals surface area contributed by atoms with E-state index in [9.17, 15) is 13.2 Å².